The van der Waals surface area contributed by atoms with Gasteiger partial charge >= 0.3 is 0 Å². The van der Waals surface area contributed by atoms with Crippen molar-refractivity contribution in [1.82, 2.24) is 10.2 Å². The van der Waals surface area contributed by atoms with Crippen LogP contribution in [-0.2, 0) is 32.6 Å². The lowest BCUT2D eigenvalue weighted by Gasteiger charge is -2.34. The number of carbonyl (C=O) groups excluding carboxylic acids is 2. The topological polar surface area (TPSA) is 96.0 Å². The molecule has 0 bridgehead atoms. The summed E-state index contributed by atoms with van der Waals surface area (Å²) in [6.07, 6.45) is 1.71. The largest absolute Gasteiger partial charge is 0.494 e. The molecule has 0 saturated carbocycles. The number of nitrogens with one attached hydrogen (secondary N) is 1. The van der Waals surface area contributed by atoms with E-state index in [2.05, 4.69) is 5.32 Å². The normalized spacial score (nSPS) is 11.9. The third kappa shape index (κ3) is 9.49. The molecule has 0 aliphatic heterocycles. The van der Waals surface area contributed by atoms with Crippen molar-refractivity contribution in [2.75, 3.05) is 24.0 Å². The Labute approximate surface area is 291 Å². The Balaban J connectivity index is 1.81. The molecule has 0 fully saturated rings. The highest BCUT2D eigenvalue weighted by Crippen LogP contribution is 2.29. The van der Waals surface area contributed by atoms with E-state index in [1.54, 1.807) is 18.2 Å². The number of amides is 2. The maximum atomic E-state index is 14.6. The number of nitrogens with zero attached hydrogens (tertiary/aromatic N) is 2. The summed E-state index contributed by atoms with van der Waals surface area (Å²) in [5.41, 5.74) is 1.24. The quantitative estimate of drug-likeness (QED) is 0.123. The van der Waals surface area contributed by atoms with E-state index >= 15 is 0 Å². The molecule has 12 heteroatoms. The number of carbonyl (C=O) groups is 2. The molecule has 4 rings (SSSR count). The first-order valence-electron chi connectivity index (χ1n) is 15.6. The summed E-state index contributed by atoms with van der Waals surface area (Å²) in [5.74, 6) is -1.21. The number of sulfonamides is 1. The minimum Gasteiger partial charge on any atom is -0.494 e. The Kier molecular flexibility index (Phi) is 13.3. The van der Waals surface area contributed by atoms with Gasteiger partial charge in [0.2, 0.25) is 11.8 Å². The molecule has 1 N–H and O–H groups in total. The molecule has 0 spiro atoms. The van der Waals surface area contributed by atoms with Crippen molar-refractivity contribution in [3.8, 4) is 5.75 Å². The fourth-order valence-corrected chi connectivity index (χ4v) is 6.98. The molecule has 4 aromatic rings. The summed E-state index contributed by atoms with van der Waals surface area (Å²) in [6, 6.07) is 23.6. The third-order valence-electron chi connectivity index (χ3n) is 7.61. The van der Waals surface area contributed by atoms with Gasteiger partial charge in [-0.25, -0.2) is 12.8 Å². The average Bonchev–Trinajstić information content (AvgIpc) is 3.07. The second kappa shape index (κ2) is 17.3. The van der Waals surface area contributed by atoms with Gasteiger partial charge < -0.3 is 15.0 Å². The number of anilines is 1. The van der Waals surface area contributed by atoms with E-state index in [1.165, 1.54) is 41.3 Å². The van der Waals surface area contributed by atoms with E-state index in [0.29, 0.717) is 24.5 Å². The van der Waals surface area contributed by atoms with Crippen LogP contribution in [0.3, 0.4) is 0 Å². The Bertz CT molecular complexity index is 1760. The van der Waals surface area contributed by atoms with Gasteiger partial charge in [-0.15, -0.1) is 0 Å². The third-order valence-corrected chi connectivity index (χ3v) is 10.1. The van der Waals surface area contributed by atoms with E-state index in [1.807, 2.05) is 44.2 Å². The van der Waals surface area contributed by atoms with Crippen molar-refractivity contribution in [3.63, 3.8) is 0 Å². The van der Waals surface area contributed by atoms with E-state index in [0.717, 1.165) is 34.8 Å². The van der Waals surface area contributed by atoms with E-state index in [9.17, 15) is 22.4 Å². The van der Waals surface area contributed by atoms with Crippen LogP contribution in [0.4, 0.5) is 10.1 Å². The Morgan fingerprint density at radius 1 is 0.875 bits per heavy atom. The van der Waals surface area contributed by atoms with Crippen LogP contribution < -0.4 is 14.4 Å². The highest BCUT2D eigenvalue weighted by atomic mass is 35.5. The lowest BCUT2D eigenvalue weighted by molar-refractivity contribution is -0.140. The highest BCUT2D eigenvalue weighted by molar-refractivity contribution is 7.92. The number of hydrogen-bond acceptors (Lipinski definition) is 5. The SMILES string of the molecule is CCCCNC(=O)[C@H](Cc1ccccc1)N(Cc1c(Cl)cccc1Cl)C(=O)CN(c1ccc(F)cc1)S(=O)(=O)c1ccc(OCC)cc1. The molecule has 2 amide bonds. The van der Waals surface area contributed by atoms with Crippen molar-refractivity contribution in [1.29, 1.82) is 0 Å². The fraction of sp³-hybridized carbons (Fsp3) is 0.278. The maximum Gasteiger partial charge on any atom is 0.264 e. The first kappa shape index (κ1) is 36.7. The van der Waals surface area contributed by atoms with Crippen molar-refractivity contribution in [3.05, 3.63) is 124 Å². The monoisotopic (exact) mass is 713 g/mol. The molecule has 0 aromatic heterocycles. The fourth-order valence-electron chi connectivity index (χ4n) is 5.05. The minimum atomic E-state index is -4.38. The molecule has 0 aliphatic carbocycles. The lowest BCUT2D eigenvalue weighted by Crippen LogP contribution is -2.53. The number of hydrogen-bond donors (Lipinski definition) is 1. The van der Waals surface area contributed by atoms with Crippen LogP contribution in [0.1, 0.15) is 37.8 Å². The van der Waals surface area contributed by atoms with Gasteiger partial charge in [-0.3, -0.25) is 13.9 Å². The van der Waals surface area contributed by atoms with Gasteiger partial charge in [0.05, 0.1) is 17.2 Å². The highest BCUT2D eigenvalue weighted by Gasteiger charge is 2.35. The summed E-state index contributed by atoms with van der Waals surface area (Å²) in [7, 11) is -4.38. The van der Waals surface area contributed by atoms with Crippen molar-refractivity contribution < 1.29 is 27.1 Å². The van der Waals surface area contributed by atoms with Crippen LogP contribution in [0, 0.1) is 5.82 Å². The van der Waals surface area contributed by atoms with E-state index < -0.39 is 40.2 Å². The van der Waals surface area contributed by atoms with Crippen LogP contribution in [0.2, 0.25) is 10.0 Å². The average molecular weight is 715 g/mol. The molecule has 8 nitrogen and oxygen atoms in total. The molecular formula is C36H38Cl2FN3O5S. The zero-order valence-electron chi connectivity index (χ0n) is 26.7. The molecule has 0 unspecified atom stereocenters. The number of unbranched alkanes of at least 4 members (excludes halogenated alkanes) is 1. The zero-order chi connectivity index (χ0) is 34.7. The van der Waals surface area contributed by atoms with Crippen LogP contribution in [0.5, 0.6) is 5.75 Å². The van der Waals surface area contributed by atoms with Gasteiger partial charge in [0.25, 0.3) is 10.0 Å². The smallest absolute Gasteiger partial charge is 0.264 e. The number of benzene rings is 4. The molecule has 254 valence electrons. The summed E-state index contributed by atoms with van der Waals surface area (Å²) in [6.45, 7) is 3.70. The van der Waals surface area contributed by atoms with Gasteiger partial charge in [0.15, 0.2) is 0 Å². The van der Waals surface area contributed by atoms with Crippen LogP contribution in [0.15, 0.2) is 102 Å². The van der Waals surface area contributed by atoms with Crippen LogP contribution >= 0.6 is 23.2 Å². The summed E-state index contributed by atoms with van der Waals surface area (Å²) in [5, 5.41) is 3.49. The van der Waals surface area contributed by atoms with Crippen molar-refractivity contribution in [2.24, 2.45) is 0 Å². The van der Waals surface area contributed by atoms with Crippen molar-refractivity contribution >= 4 is 50.7 Å². The van der Waals surface area contributed by atoms with Gasteiger partial charge in [0, 0.05) is 35.1 Å². The second-order valence-electron chi connectivity index (χ2n) is 11.0. The Hall–Kier alpha value is -4.12. The lowest BCUT2D eigenvalue weighted by atomic mass is 10.0. The predicted octanol–water partition coefficient (Wildman–Crippen LogP) is 7.28. The zero-order valence-corrected chi connectivity index (χ0v) is 29.1. The molecule has 1 atom stereocenters. The molecule has 4 aromatic carbocycles. The van der Waals surface area contributed by atoms with E-state index in [4.69, 9.17) is 27.9 Å². The first-order valence-corrected chi connectivity index (χ1v) is 17.8. The van der Waals surface area contributed by atoms with Gasteiger partial charge in [-0.1, -0.05) is 72.9 Å². The summed E-state index contributed by atoms with van der Waals surface area (Å²) >= 11 is 13.1. The number of rotatable bonds is 16. The van der Waals surface area contributed by atoms with Crippen LogP contribution in [0.25, 0.3) is 0 Å². The molecule has 0 aliphatic rings. The minimum absolute atomic E-state index is 0.0568. The van der Waals surface area contributed by atoms with E-state index in [-0.39, 0.29) is 33.6 Å². The molecule has 0 radical (unpaired) electrons. The first-order chi connectivity index (χ1) is 23.0. The summed E-state index contributed by atoms with van der Waals surface area (Å²) < 4.78 is 48.7. The standard InChI is InChI=1S/C36H38Cl2FN3O5S/c1-3-5-22-40-36(44)34(23-26-10-7-6-8-11-26)41(24-31-32(37)12-9-13-33(31)38)35(43)25-42(28-16-14-27(39)15-17-28)48(45,46)30-20-18-29(19-21-30)47-4-2/h6-21,34H,3-5,22-25H2,1-2H3,(H,40,44)/t34-/m0/s1. The molecule has 48 heavy (non-hydrogen) atoms. The molecular weight excluding hydrogens is 676 g/mol. The maximum absolute atomic E-state index is 14.6. The van der Waals surface area contributed by atoms with Crippen molar-refractivity contribution in [2.45, 2.75) is 50.6 Å². The van der Waals surface area contributed by atoms with Gasteiger partial charge in [-0.2, -0.15) is 0 Å². The molecule has 0 heterocycles. The number of ether oxygens (including phenoxy) is 1. The number of halogens is 3. The Morgan fingerprint density at radius 3 is 2.12 bits per heavy atom. The summed E-state index contributed by atoms with van der Waals surface area (Å²) in [4.78, 5) is 29.6. The van der Waals surface area contributed by atoms with Gasteiger partial charge in [0.1, 0.15) is 24.2 Å². The van der Waals surface area contributed by atoms with Crippen LogP contribution in [-0.4, -0.2) is 50.9 Å². The molecule has 0 saturated heterocycles. The second-order valence-corrected chi connectivity index (χ2v) is 13.6. The predicted molar refractivity (Wildman–Crippen MR) is 187 cm³/mol. The Morgan fingerprint density at radius 2 is 1.52 bits per heavy atom. The van der Waals surface area contributed by atoms with Gasteiger partial charge in [-0.05, 0) is 79.6 Å².